The molecule has 12 aromatic rings. The minimum absolute atomic E-state index is 0.559. The standard InChI is InChI=1S/C63H42N4S/c1-2-3-4-14-29-58-64-62(48-23-12-7-13-24-48)66-63(65-58)49-40-54(46-34-30-44(31-35-46)42-19-8-5-9-20-42)59(55(41-49)47-36-32-45(33-37-47)43-21-10-6-11-22-43)67-56-27-17-15-25-50(56)52-38-39-53-51-26-16-18-28-57(51)68-61(53)60(52)67/h2-41H,1H2/b4-3-,29-14+. The molecule has 0 aliphatic heterocycles. The van der Waals surface area contributed by atoms with E-state index < -0.39 is 0 Å². The maximum absolute atomic E-state index is 5.26. The fourth-order valence-electron chi connectivity index (χ4n) is 9.45. The van der Waals surface area contributed by atoms with Crippen molar-refractivity contribution in [1.29, 1.82) is 0 Å². The van der Waals surface area contributed by atoms with Gasteiger partial charge < -0.3 is 4.57 Å². The van der Waals surface area contributed by atoms with E-state index in [0.29, 0.717) is 17.5 Å². The van der Waals surface area contributed by atoms with Gasteiger partial charge in [0.1, 0.15) is 0 Å². The maximum Gasteiger partial charge on any atom is 0.164 e. The number of thiophene rings is 1. The van der Waals surface area contributed by atoms with Crippen molar-refractivity contribution >= 4 is 59.4 Å². The van der Waals surface area contributed by atoms with Crippen LogP contribution in [0.2, 0.25) is 0 Å². The summed E-state index contributed by atoms with van der Waals surface area (Å²) in [6.07, 6.45) is 9.44. The molecule has 68 heavy (non-hydrogen) atoms. The first-order chi connectivity index (χ1) is 33.7. The van der Waals surface area contributed by atoms with Crippen molar-refractivity contribution in [1.82, 2.24) is 19.5 Å². The second-order valence-corrected chi connectivity index (χ2v) is 17.8. The Balaban J connectivity index is 1.20. The number of hydrogen-bond donors (Lipinski definition) is 0. The average Bonchev–Trinajstić information content (AvgIpc) is 3.96. The summed E-state index contributed by atoms with van der Waals surface area (Å²) in [5.74, 6) is 1.74. The minimum Gasteiger partial charge on any atom is -0.307 e. The molecule has 4 nitrogen and oxygen atoms in total. The van der Waals surface area contributed by atoms with Crippen molar-refractivity contribution in [3.8, 4) is 73.0 Å². The van der Waals surface area contributed by atoms with Crippen LogP contribution in [0.1, 0.15) is 5.82 Å². The van der Waals surface area contributed by atoms with Crippen LogP contribution in [0.25, 0.3) is 121 Å². The highest BCUT2D eigenvalue weighted by Gasteiger charge is 2.25. The van der Waals surface area contributed by atoms with Gasteiger partial charge in [0, 0.05) is 48.5 Å². The van der Waals surface area contributed by atoms with Crippen molar-refractivity contribution < 1.29 is 0 Å². The lowest BCUT2D eigenvalue weighted by atomic mass is 9.91. The van der Waals surface area contributed by atoms with Gasteiger partial charge in [-0.2, -0.15) is 0 Å². The molecular formula is C63H42N4S. The number of allylic oxidation sites excluding steroid dienone is 4. The van der Waals surface area contributed by atoms with Crippen LogP contribution in [0.15, 0.2) is 243 Å². The molecule has 3 aromatic heterocycles. The lowest BCUT2D eigenvalue weighted by molar-refractivity contribution is 1.04. The SMILES string of the molecule is C=C/C=C\C=C\c1nc(-c2ccccc2)nc(-c2cc(-c3ccc(-c4ccccc4)cc3)c(-n3c4ccccc4c4ccc5c6ccccc6sc5c43)c(-c3ccc(-c4ccccc4)cc3)c2)n1. The molecule has 5 heteroatoms. The first-order valence-corrected chi connectivity index (χ1v) is 23.6. The number of para-hydroxylation sites is 1. The van der Waals surface area contributed by atoms with Crippen molar-refractivity contribution in [2.75, 3.05) is 0 Å². The minimum atomic E-state index is 0.559. The third-order valence-corrected chi connectivity index (χ3v) is 13.9. The molecular weight excluding hydrogens is 845 g/mol. The van der Waals surface area contributed by atoms with Gasteiger partial charge in [-0.25, -0.2) is 15.0 Å². The zero-order valence-corrected chi connectivity index (χ0v) is 37.8. The number of benzene rings is 9. The van der Waals surface area contributed by atoms with Gasteiger partial charge in [0.05, 0.1) is 21.4 Å². The summed E-state index contributed by atoms with van der Waals surface area (Å²) in [6, 6.07) is 76.1. The number of aromatic nitrogens is 4. The van der Waals surface area contributed by atoms with E-state index in [1.165, 1.54) is 47.6 Å². The Morgan fingerprint density at radius 2 is 0.897 bits per heavy atom. The quantitative estimate of drug-likeness (QED) is 0.129. The smallest absolute Gasteiger partial charge is 0.164 e. The predicted octanol–water partition coefficient (Wildman–Crippen LogP) is 17.1. The van der Waals surface area contributed by atoms with E-state index in [4.69, 9.17) is 15.0 Å². The Bertz CT molecular complexity index is 3780. The molecule has 0 amide bonds. The third kappa shape index (κ3) is 7.41. The van der Waals surface area contributed by atoms with E-state index in [1.54, 1.807) is 6.08 Å². The zero-order valence-electron chi connectivity index (χ0n) is 37.0. The molecule has 0 fully saturated rings. The molecule has 0 spiro atoms. The van der Waals surface area contributed by atoms with E-state index in [-0.39, 0.29) is 0 Å². The molecule has 0 radical (unpaired) electrons. The van der Waals surface area contributed by atoms with Gasteiger partial charge in [-0.15, -0.1) is 11.3 Å². The number of hydrogen-bond acceptors (Lipinski definition) is 4. The topological polar surface area (TPSA) is 43.6 Å². The van der Waals surface area contributed by atoms with Crippen LogP contribution in [-0.4, -0.2) is 19.5 Å². The van der Waals surface area contributed by atoms with E-state index in [2.05, 4.69) is 193 Å². The van der Waals surface area contributed by atoms with Crippen molar-refractivity contribution in [3.63, 3.8) is 0 Å². The highest BCUT2D eigenvalue weighted by atomic mass is 32.1. The third-order valence-electron chi connectivity index (χ3n) is 12.7. The molecule has 320 valence electrons. The molecule has 0 atom stereocenters. The second kappa shape index (κ2) is 17.6. The molecule has 3 heterocycles. The van der Waals surface area contributed by atoms with Crippen LogP contribution in [0.4, 0.5) is 0 Å². The van der Waals surface area contributed by atoms with Crippen LogP contribution in [0.3, 0.4) is 0 Å². The summed E-state index contributed by atoms with van der Waals surface area (Å²) in [7, 11) is 0. The molecule has 0 unspecified atom stereocenters. The van der Waals surface area contributed by atoms with E-state index in [9.17, 15) is 0 Å². The molecule has 0 bridgehead atoms. The van der Waals surface area contributed by atoms with Gasteiger partial charge in [-0.1, -0.05) is 219 Å². The van der Waals surface area contributed by atoms with Crippen molar-refractivity contribution in [3.05, 3.63) is 249 Å². The molecule has 0 saturated carbocycles. The lowest BCUT2D eigenvalue weighted by Gasteiger charge is -2.21. The molecule has 0 N–H and O–H groups in total. The lowest BCUT2D eigenvalue weighted by Crippen LogP contribution is -2.04. The Morgan fingerprint density at radius 1 is 0.397 bits per heavy atom. The van der Waals surface area contributed by atoms with Gasteiger partial charge in [0.15, 0.2) is 17.5 Å². The highest BCUT2D eigenvalue weighted by molar-refractivity contribution is 7.26. The summed E-state index contributed by atoms with van der Waals surface area (Å²) < 4.78 is 5.06. The van der Waals surface area contributed by atoms with Gasteiger partial charge >= 0.3 is 0 Å². The van der Waals surface area contributed by atoms with Crippen LogP contribution < -0.4 is 0 Å². The molecule has 0 aliphatic carbocycles. The molecule has 0 saturated heterocycles. The van der Waals surface area contributed by atoms with Crippen LogP contribution in [-0.2, 0) is 0 Å². The van der Waals surface area contributed by atoms with Crippen LogP contribution in [0.5, 0.6) is 0 Å². The zero-order chi connectivity index (χ0) is 45.4. The largest absolute Gasteiger partial charge is 0.307 e. The Hall–Kier alpha value is -8.77. The Morgan fingerprint density at radius 3 is 1.51 bits per heavy atom. The highest BCUT2D eigenvalue weighted by Crippen LogP contribution is 2.48. The van der Waals surface area contributed by atoms with Gasteiger partial charge in [-0.05, 0) is 63.7 Å². The van der Waals surface area contributed by atoms with Crippen LogP contribution >= 0.6 is 11.3 Å². The summed E-state index contributed by atoms with van der Waals surface area (Å²) in [5.41, 5.74) is 14.1. The van der Waals surface area contributed by atoms with E-state index in [1.807, 2.05) is 66.0 Å². The second-order valence-electron chi connectivity index (χ2n) is 16.8. The maximum atomic E-state index is 5.26. The first-order valence-electron chi connectivity index (χ1n) is 22.8. The average molecular weight is 887 g/mol. The number of fused-ring (bicyclic) bond motifs is 7. The van der Waals surface area contributed by atoms with Crippen molar-refractivity contribution in [2.45, 2.75) is 0 Å². The van der Waals surface area contributed by atoms with E-state index in [0.717, 1.165) is 55.7 Å². The summed E-state index contributed by atoms with van der Waals surface area (Å²) >= 11 is 1.86. The summed E-state index contributed by atoms with van der Waals surface area (Å²) in [5, 5.41) is 4.94. The fourth-order valence-corrected chi connectivity index (χ4v) is 10.7. The van der Waals surface area contributed by atoms with Gasteiger partial charge in [-0.3, -0.25) is 0 Å². The normalized spacial score (nSPS) is 11.8. The first kappa shape index (κ1) is 40.7. The van der Waals surface area contributed by atoms with E-state index >= 15 is 0 Å². The van der Waals surface area contributed by atoms with Gasteiger partial charge in [0.25, 0.3) is 0 Å². The van der Waals surface area contributed by atoms with Crippen molar-refractivity contribution in [2.24, 2.45) is 0 Å². The number of nitrogens with zero attached hydrogens (tertiary/aromatic N) is 4. The summed E-state index contributed by atoms with van der Waals surface area (Å²) in [4.78, 5) is 15.4. The predicted molar refractivity (Wildman–Crippen MR) is 288 cm³/mol. The molecule has 12 rings (SSSR count). The van der Waals surface area contributed by atoms with Gasteiger partial charge in [0.2, 0.25) is 0 Å². The summed E-state index contributed by atoms with van der Waals surface area (Å²) in [6.45, 7) is 3.84. The monoisotopic (exact) mass is 886 g/mol. The van der Waals surface area contributed by atoms with Crippen LogP contribution in [0, 0.1) is 0 Å². The number of rotatable bonds is 10. The fraction of sp³-hybridized carbons (Fsp3) is 0. The molecule has 9 aromatic carbocycles. The molecule has 0 aliphatic rings. The Labute approximate surface area is 398 Å². The Kier molecular flexibility index (Phi) is 10.5.